The Balaban J connectivity index is 1.78. The van der Waals surface area contributed by atoms with Crippen LogP contribution in [0.5, 0.6) is 11.5 Å². The third-order valence-electron chi connectivity index (χ3n) is 5.87. The molecule has 5 aromatic rings. The van der Waals surface area contributed by atoms with E-state index >= 15 is 0 Å². The highest BCUT2D eigenvalue weighted by molar-refractivity contribution is 6.11. The molecule has 3 heterocycles. The average Bonchev–Trinajstić information content (AvgIpc) is 3.52. The fourth-order valence-electron chi connectivity index (χ4n) is 4.37. The number of nitrogens with one attached hydrogen (secondary N) is 1. The number of nitrogens with zero attached hydrogens (tertiary/aromatic N) is 3. The molecule has 34 heavy (non-hydrogen) atoms. The second kappa shape index (κ2) is 8.94. The van der Waals surface area contributed by atoms with E-state index in [1.54, 1.807) is 26.8 Å². The number of fused-ring (bicyclic) bond motifs is 3. The predicted molar refractivity (Wildman–Crippen MR) is 134 cm³/mol. The molecule has 7 nitrogen and oxygen atoms in total. The average molecular weight is 455 g/mol. The van der Waals surface area contributed by atoms with Crippen molar-refractivity contribution in [3.63, 3.8) is 0 Å². The highest BCUT2D eigenvalue weighted by Gasteiger charge is 2.29. The van der Waals surface area contributed by atoms with Gasteiger partial charge >= 0.3 is 0 Å². The topological polar surface area (TPSA) is 76.4 Å². The SMILES string of the molecule is C=C(C)CC(c1ccco1)N(c1ccc(OC)cc1)c1ncnc2c1[nH]c1cccc(OC)c12. The van der Waals surface area contributed by atoms with Gasteiger partial charge in [0.1, 0.15) is 34.6 Å². The molecule has 172 valence electrons. The van der Waals surface area contributed by atoms with Crippen molar-refractivity contribution >= 4 is 33.4 Å². The molecule has 7 heteroatoms. The van der Waals surface area contributed by atoms with Crippen molar-refractivity contribution in [3.8, 4) is 11.5 Å². The number of aromatic nitrogens is 3. The number of hydrogen-bond donors (Lipinski definition) is 1. The summed E-state index contributed by atoms with van der Waals surface area (Å²) in [5.74, 6) is 3.09. The molecule has 0 fully saturated rings. The van der Waals surface area contributed by atoms with Crippen LogP contribution in [0.2, 0.25) is 0 Å². The molecule has 0 aliphatic rings. The lowest BCUT2D eigenvalue weighted by Gasteiger charge is -2.32. The number of anilines is 2. The van der Waals surface area contributed by atoms with Crippen LogP contribution in [0.25, 0.3) is 21.9 Å². The molecule has 0 spiro atoms. The van der Waals surface area contributed by atoms with Crippen LogP contribution in [0.3, 0.4) is 0 Å². The van der Waals surface area contributed by atoms with Crippen LogP contribution in [-0.2, 0) is 0 Å². The zero-order valence-electron chi connectivity index (χ0n) is 19.4. The van der Waals surface area contributed by atoms with E-state index in [2.05, 4.69) is 21.4 Å². The van der Waals surface area contributed by atoms with Gasteiger partial charge in [-0.05, 0) is 61.9 Å². The van der Waals surface area contributed by atoms with E-state index in [0.717, 1.165) is 56.3 Å². The zero-order chi connectivity index (χ0) is 23.7. The summed E-state index contributed by atoms with van der Waals surface area (Å²) in [6.07, 6.45) is 3.96. The van der Waals surface area contributed by atoms with Gasteiger partial charge in [0.05, 0.1) is 37.4 Å². The van der Waals surface area contributed by atoms with E-state index in [0.29, 0.717) is 6.42 Å². The molecule has 2 aromatic carbocycles. The number of ether oxygens (including phenoxy) is 2. The maximum absolute atomic E-state index is 5.89. The summed E-state index contributed by atoms with van der Waals surface area (Å²) >= 11 is 0. The Bertz CT molecular complexity index is 1440. The van der Waals surface area contributed by atoms with Crippen molar-refractivity contribution < 1.29 is 13.9 Å². The Labute approximate surface area is 197 Å². The first-order valence-electron chi connectivity index (χ1n) is 11.0. The number of H-pyrrole nitrogens is 1. The standard InChI is InChI=1S/C27H26N4O3/c1-17(2)15-21(22-9-6-14-34-22)31(18-10-12-19(32-3)13-11-18)27-26-25(28-16-29-27)24-20(30-26)7-5-8-23(24)33-4/h5-14,16,21,30H,1,15H2,2-4H3. The molecule has 1 N–H and O–H groups in total. The first-order valence-corrected chi connectivity index (χ1v) is 11.0. The number of benzene rings is 2. The van der Waals surface area contributed by atoms with Gasteiger partial charge in [-0.15, -0.1) is 6.58 Å². The molecule has 0 saturated heterocycles. The van der Waals surface area contributed by atoms with Gasteiger partial charge in [-0.2, -0.15) is 0 Å². The van der Waals surface area contributed by atoms with Gasteiger partial charge < -0.3 is 23.8 Å². The summed E-state index contributed by atoms with van der Waals surface area (Å²) in [7, 11) is 3.32. The Morgan fingerprint density at radius 1 is 1.06 bits per heavy atom. The number of aromatic amines is 1. The van der Waals surface area contributed by atoms with Crippen LogP contribution in [0.4, 0.5) is 11.5 Å². The van der Waals surface area contributed by atoms with Crippen LogP contribution in [0, 0.1) is 0 Å². The minimum atomic E-state index is -0.174. The summed E-state index contributed by atoms with van der Waals surface area (Å²) in [6.45, 7) is 6.20. The van der Waals surface area contributed by atoms with Crippen LogP contribution in [-0.4, -0.2) is 29.2 Å². The van der Waals surface area contributed by atoms with Gasteiger partial charge in [-0.3, -0.25) is 0 Å². The van der Waals surface area contributed by atoms with Gasteiger partial charge in [-0.25, -0.2) is 9.97 Å². The molecule has 1 unspecified atom stereocenters. The maximum atomic E-state index is 5.89. The lowest BCUT2D eigenvalue weighted by Crippen LogP contribution is -2.25. The van der Waals surface area contributed by atoms with Crippen LogP contribution < -0.4 is 14.4 Å². The Kier molecular flexibility index (Phi) is 5.67. The molecule has 5 rings (SSSR count). The van der Waals surface area contributed by atoms with Gasteiger partial charge in [-0.1, -0.05) is 11.6 Å². The largest absolute Gasteiger partial charge is 0.497 e. The number of methoxy groups -OCH3 is 2. The van der Waals surface area contributed by atoms with Crippen molar-refractivity contribution in [1.29, 1.82) is 0 Å². The van der Waals surface area contributed by atoms with Crippen molar-refractivity contribution in [3.05, 3.63) is 85.1 Å². The lowest BCUT2D eigenvalue weighted by molar-refractivity contribution is 0.414. The minimum absolute atomic E-state index is 0.174. The molecular weight excluding hydrogens is 428 g/mol. The molecule has 0 aliphatic carbocycles. The summed E-state index contributed by atoms with van der Waals surface area (Å²) in [4.78, 5) is 15.1. The minimum Gasteiger partial charge on any atom is -0.497 e. The highest BCUT2D eigenvalue weighted by Crippen LogP contribution is 2.42. The molecule has 1 atom stereocenters. The lowest BCUT2D eigenvalue weighted by atomic mass is 10.0. The number of furan rings is 1. The highest BCUT2D eigenvalue weighted by atomic mass is 16.5. The van der Waals surface area contributed by atoms with Crippen molar-refractivity contribution in [2.24, 2.45) is 0 Å². The van der Waals surface area contributed by atoms with E-state index < -0.39 is 0 Å². The molecule has 0 aliphatic heterocycles. The second-order valence-corrected chi connectivity index (χ2v) is 8.19. The zero-order valence-corrected chi connectivity index (χ0v) is 19.4. The quantitative estimate of drug-likeness (QED) is 0.267. The van der Waals surface area contributed by atoms with Gasteiger partial charge in [0.15, 0.2) is 5.82 Å². The Morgan fingerprint density at radius 2 is 1.88 bits per heavy atom. The Morgan fingerprint density at radius 3 is 2.56 bits per heavy atom. The predicted octanol–water partition coefficient (Wildman–Crippen LogP) is 6.57. The number of hydrogen-bond acceptors (Lipinski definition) is 6. The van der Waals surface area contributed by atoms with Gasteiger partial charge in [0.2, 0.25) is 0 Å². The maximum Gasteiger partial charge on any atom is 0.161 e. The summed E-state index contributed by atoms with van der Waals surface area (Å²) in [5.41, 5.74) is 4.51. The molecule has 0 amide bonds. The monoisotopic (exact) mass is 454 g/mol. The molecule has 0 saturated carbocycles. The first-order chi connectivity index (χ1) is 16.6. The third-order valence-corrected chi connectivity index (χ3v) is 5.87. The van der Waals surface area contributed by atoms with E-state index in [-0.39, 0.29) is 6.04 Å². The second-order valence-electron chi connectivity index (χ2n) is 8.19. The number of rotatable bonds is 8. The van der Waals surface area contributed by atoms with E-state index in [4.69, 9.17) is 18.9 Å². The van der Waals surface area contributed by atoms with Crippen molar-refractivity contribution in [2.45, 2.75) is 19.4 Å². The van der Waals surface area contributed by atoms with Crippen molar-refractivity contribution in [2.75, 3.05) is 19.1 Å². The van der Waals surface area contributed by atoms with Crippen LogP contribution in [0.15, 0.2) is 83.8 Å². The Hall–Kier alpha value is -4.26. The van der Waals surface area contributed by atoms with Crippen LogP contribution >= 0.6 is 0 Å². The van der Waals surface area contributed by atoms with E-state index in [1.807, 2.05) is 61.5 Å². The summed E-state index contributed by atoms with van der Waals surface area (Å²) < 4.78 is 16.9. The van der Waals surface area contributed by atoms with Crippen LogP contribution in [0.1, 0.15) is 25.1 Å². The van der Waals surface area contributed by atoms with Gasteiger partial charge in [0, 0.05) is 5.69 Å². The third kappa shape index (κ3) is 3.75. The molecule has 3 aromatic heterocycles. The normalized spacial score (nSPS) is 12.1. The smallest absolute Gasteiger partial charge is 0.161 e. The first kappa shape index (κ1) is 21.6. The fourth-order valence-corrected chi connectivity index (χ4v) is 4.37. The molecular formula is C27H26N4O3. The van der Waals surface area contributed by atoms with Gasteiger partial charge in [0.25, 0.3) is 0 Å². The molecule has 0 bridgehead atoms. The van der Waals surface area contributed by atoms with E-state index in [9.17, 15) is 0 Å². The molecule has 0 radical (unpaired) electrons. The van der Waals surface area contributed by atoms with E-state index in [1.165, 1.54) is 0 Å². The fraction of sp³-hybridized carbons (Fsp3) is 0.185. The summed E-state index contributed by atoms with van der Waals surface area (Å²) in [6, 6.07) is 17.5. The van der Waals surface area contributed by atoms with Crippen molar-refractivity contribution in [1.82, 2.24) is 15.0 Å². The summed E-state index contributed by atoms with van der Waals surface area (Å²) in [5, 5.41) is 0.924.